The third kappa shape index (κ3) is 3.28. The van der Waals surface area contributed by atoms with Gasteiger partial charge in [-0.05, 0) is 30.4 Å². The smallest absolute Gasteiger partial charge is 0.0705 e. The van der Waals surface area contributed by atoms with E-state index in [4.69, 9.17) is 4.84 Å². The second kappa shape index (κ2) is 5.63. The van der Waals surface area contributed by atoms with Gasteiger partial charge in [0.2, 0.25) is 0 Å². The van der Waals surface area contributed by atoms with Crippen LogP contribution < -0.4 is 5.48 Å². The van der Waals surface area contributed by atoms with E-state index in [1.165, 1.54) is 15.0 Å². The van der Waals surface area contributed by atoms with Crippen molar-refractivity contribution in [2.45, 2.75) is 26.8 Å². The Hall–Kier alpha value is -0.900. The van der Waals surface area contributed by atoms with Crippen LogP contribution in [0, 0.1) is 5.92 Å². The fourth-order valence-electron chi connectivity index (χ4n) is 1.61. The van der Waals surface area contributed by atoms with Crippen molar-refractivity contribution in [1.82, 2.24) is 5.48 Å². The molecule has 0 bridgehead atoms. The van der Waals surface area contributed by atoms with Crippen LogP contribution in [0.1, 0.15) is 31.7 Å². The molecule has 92 valence electrons. The number of thiophene rings is 1. The van der Waals surface area contributed by atoms with E-state index in [0.717, 1.165) is 6.61 Å². The summed E-state index contributed by atoms with van der Waals surface area (Å²) in [5.74, 6) is 0.553. The first-order valence-electron chi connectivity index (χ1n) is 6.02. The zero-order valence-corrected chi connectivity index (χ0v) is 11.4. The molecule has 1 N–H and O–H groups in total. The first-order chi connectivity index (χ1) is 8.16. The fraction of sp³-hybridized carbons (Fsp3) is 0.429. The van der Waals surface area contributed by atoms with Gasteiger partial charge >= 0.3 is 0 Å². The van der Waals surface area contributed by atoms with Crippen LogP contribution in [0.4, 0.5) is 0 Å². The summed E-state index contributed by atoms with van der Waals surface area (Å²) in [6.07, 6.45) is 0. The maximum absolute atomic E-state index is 5.46. The number of hydroxylamine groups is 1. The molecule has 1 heterocycles. The summed E-state index contributed by atoms with van der Waals surface area (Å²) in [5, 5.41) is 1.31. The summed E-state index contributed by atoms with van der Waals surface area (Å²) >= 11 is 1.82. The van der Waals surface area contributed by atoms with Gasteiger partial charge in [-0.25, -0.2) is 0 Å². The van der Waals surface area contributed by atoms with Gasteiger partial charge < -0.3 is 4.84 Å². The third-order valence-electron chi connectivity index (χ3n) is 2.55. The van der Waals surface area contributed by atoms with Crippen molar-refractivity contribution in [1.29, 1.82) is 0 Å². The van der Waals surface area contributed by atoms with Crippen molar-refractivity contribution >= 4 is 21.4 Å². The molecule has 0 saturated heterocycles. The molecule has 2 aromatic rings. The number of hydrogen-bond donors (Lipinski definition) is 1. The highest BCUT2D eigenvalue weighted by molar-refractivity contribution is 7.19. The van der Waals surface area contributed by atoms with E-state index in [0.29, 0.717) is 5.92 Å². The minimum absolute atomic E-state index is 0.242. The lowest BCUT2D eigenvalue weighted by atomic mass is 10.2. The van der Waals surface area contributed by atoms with Gasteiger partial charge in [-0.3, -0.25) is 0 Å². The van der Waals surface area contributed by atoms with Crippen molar-refractivity contribution in [3.05, 3.63) is 35.2 Å². The molecule has 17 heavy (non-hydrogen) atoms. The molecule has 1 unspecified atom stereocenters. The molecule has 0 radical (unpaired) electrons. The Bertz CT molecular complexity index is 445. The van der Waals surface area contributed by atoms with Crippen LogP contribution in [0.5, 0.6) is 0 Å². The zero-order chi connectivity index (χ0) is 12.3. The van der Waals surface area contributed by atoms with Crippen LogP contribution >= 0.6 is 11.3 Å². The lowest BCUT2D eigenvalue weighted by Gasteiger charge is -2.13. The van der Waals surface area contributed by atoms with E-state index in [-0.39, 0.29) is 6.04 Å². The van der Waals surface area contributed by atoms with Gasteiger partial charge in [0.1, 0.15) is 0 Å². The largest absolute Gasteiger partial charge is 0.301 e. The Morgan fingerprint density at radius 2 is 2.00 bits per heavy atom. The number of fused-ring (bicyclic) bond motifs is 1. The molecule has 1 aromatic heterocycles. The number of hydrogen-bond acceptors (Lipinski definition) is 3. The molecule has 2 rings (SSSR count). The van der Waals surface area contributed by atoms with Gasteiger partial charge in [0.15, 0.2) is 0 Å². The number of nitrogens with one attached hydrogen (secondary N) is 1. The Kier molecular flexibility index (Phi) is 4.15. The maximum atomic E-state index is 5.46. The van der Waals surface area contributed by atoms with E-state index < -0.39 is 0 Å². The van der Waals surface area contributed by atoms with Crippen molar-refractivity contribution in [3.8, 4) is 0 Å². The normalized spacial score (nSPS) is 13.4. The van der Waals surface area contributed by atoms with Gasteiger partial charge in [0, 0.05) is 9.58 Å². The van der Waals surface area contributed by atoms with Crippen LogP contribution in [-0.2, 0) is 4.84 Å². The summed E-state index contributed by atoms with van der Waals surface area (Å²) in [7, 11) is 0. The zero-order valence-electron chi connectivity index (χ0n) is 10.6. The van der Waals surface area contributed by atoms with Crippen LogP contribution in [0.25, 0.3) is 10.1 Å². The van der Waals surface area contributed by atoms with Crippen LogP contribution in [-0.4, -0.2) is 6.61 Å². The Morgan fingerprint density at radius 3 is 2.71 bits per heavy atom. The Labute approximate surface area is 107 Å². The van der Waals surface area contributed by atoms with Crippen LogP contribution in [0.2, 0.25) is 0 Å². The van der Waals surface area contributed by atoms with Crippen molar-refractivity contribution < 1.29 is 4.84 Å². The van der Waals surface area contributed by atoms with Gasteiger partial charge in [-0.2, -0.15) is 5.48 Å². The van der Waals surface area contributed by atoms with Crippen molar-refractivity contribution in [2.24, 2.45) is 5.92 Å². The quantitative estimate of drug-likeness (QED) is 0.804. The van der Waals surface area contributed by atoms with E-state index in [1.54, 1.807) is 0 Å². The monoisotopic (exact) mass is 249 g/mol. The number of benzene rings is 1. The predicted octanol–water partition coefficient (Wildman–Crippen LogP) is 4.14. The summed E-state index contributed by atoms with van der Waals surface area (Å²) in [5.41, 5.74) is 3.10. The van der Waals surface area contributed by atoms with Gasteiger partial charge in [0.25, 0.3) is 0 Å². The average molecular weight is 249 g/mol. The number of rotatable bonds is 5. The van der Waals surface area contributed by atoms with Crippen LogP contribution in [0.3, 0.4) is 0 Å². The molecular weight excluding hydrogens is 230 g/mol. The summed E-state index contributed by atoms with van der Waals surface area (Å²) in [4.78, 5) is 6.78. The average Bonchev–Trinajstić information content (AvgIpc) is 2.71. The van der Waals surface area contributed by atoms with Gasteiger partial charge in [-0.15, -0.1) is 11.3 Å². The first-order valence-corrected chi connectivity index (χ1v) is 6.84. The molecule has 0 aliphatic rings. The minimum atomic E-state index is 0.242. The second-order valence-corrected chi connectivity index (χ2v) is 5.85. The van der Waals surface area contributed by atoms with Crippen molar-refractivity contribution in [3.63, 3.8) is 0 Å². The molecule has 2 nitrogen and oxygen atoms in total. The molecule has 1 atom stereocenters. The Balaban J connectivity index is 2.01. The third-order valence-corrected chi connectivity index (χ3v) is 3.85. The highest BCUT2D eigenvalue weighted by atomic mass is 32.1. The maximum Gasteiger partial charge on any atom is 0.0705 e. The molecule has 0 aliphatic heterocycles. The van der Waals surface area contributed by atoms with E-state index in [1.807, 2.05) is 11.3 Å². The van der Waals surface area contributed by atoms with E-state index >= 15 is 0 Å². The standard InChI is InChI=1S/C14H19NOS/c1-10(2)9-16-15-11(3)14-8-12-6-4-5-7-13(12)17-14/h4-8,10-11,15H,9H2,1-3H3. The topological polar surface area (TPSA) is 21.3 Å². The Morgan fingerprint density at radius 1 is 1.24 bits per heavy atom. The molecule has 0 saturated carbocycles. The molecule has 1 aromatic carbocycles. The molecule has 3 heteroatoms. The summed E-state index contributed by atoms with van der Waals surface area (Å²) in [6.45, 7) is 7.16. The summed E-state index contributed by atoms with van der Waals surface area (Å²) < 4.78 is 1.33. The van der Waals surface area contributed by atoms with E-state index in [9.17, 15) is 0 Å². The highest BCUT2D eigenvalue weighted by Gasteiger charge is 2.09. The first kappa shape index (κ1) is 12.6. The SMILES string of the molecule is CC(C)CONC(C)c1cc2ccccc2s1. The van der Waals surface area contributed by atoms with E-state index in [2.05, 4.69) is 56.6 Å². The molecule has 0 amide bonds. The lowest BCUT2D eigenvalue weighted by molar-refractivity contribution is 0.00479. The molecule has 0 aliphatic carbocycles. The summed E-state index contributed by atoms with van der Waals surface area (Å²) in [6, 6.07) is 10.9. The molecular formula is C14H19NOS. The lowest BCUT2D eigenvalue weighted by Crippen LogP contribution is -2.20. The van der Waals surface area contributed by atoms with Gasteiger partial charge in [0.05, 0.1) is 12.6 Å². The predicted molar refractivity (Wildman–Crippen MR) is 74.2 cm³/mol. The van der Waals surface area contributed by atoms with Crippen LogP contribution in [0.15, 0.2) is 30.3 Å². The highest BCUT2D eigenvalue weighted by Crippen LogP contribution is 2.29. The van der Waals surface area contributed by atoms with Crippen molar-refractivity contribution in [2.75, 3.05) is 6.61 Å². The fourth-order valence-corrected chi connectivity index (χ4v) is 2.67. The molecule has 0 spiro atoms. The second-order valence-electron chi connectivity index (χ2n) is 4.73. The molecule has 0 fully saturated rings. The van der Waals surface area contributed by atoms with Gasteiger partial charge in [-0.1, -0.05) is 32.0 Å². The minimum Gasteiger partial charge on any atom is -0.301 e.